The number of amides is 1. The molecule has 1 unspecified atom stereocenters. The molecule has 1 atom stereocenters. The summed E-state index contributed by atoms with van der Waals surface area (Å²) in [6.45, 7) is 6.23. The molecule has 0 aliphatic carbocycles. The van der Waals surface area contributed by atoms with Crippen LogP contribution in [0, 0.1) is 5.92 Å². The monoisotopic (exact) mass is 247 g/mol. The Morgan fingerprint density at radius 1 is 1.17 bits per heavy atom. The highest BCUT2D eigenvalue weighted by Gasteiger charge is 2.15. The van der Waals surface area contributed by atoms with Gasteiger partial charge in [-0.15, -0.1) is 0 Å². The summed E-state index contributed by atoms with van der Waals surface area (Å²) in [5.41, 5.74) is 1.33. The number of benzene rings is 1. The van der Waals surface area contributed by atoms with Crippen molar-refractivity contribution >= 4 is 5.91 Å². The lowest BCUT2D eigenvalue weighted by Crippen LogP contribution is -2.37. The molecule has 2 nitrogen and oxygen atoms in total. The van der Waals surface area contributed by atoms with Crippen LogP contribution in [0.15, 0.2) is 30.3 Å². The summed E-state index contributed by atoms with van der Waals surface area (Å²) in [5, 5.41) is 3.11. The average molecular weight is 247 g/mol. The van der Waals surface area contributed by atoms with Crippen molar-refractivity contribution in [3.63, 3.8) is 0 Å². The van der Waals surface area contributed by atoms with E-state index >= 15 is 0 Å². The van der Waals surface area contributed by atoms with Gasteiger partial charge in [-0.3, -0.25) is 4.79 Å². The normalized spacial score (nSPS) is 12.4. The lowest BCUT2D eigenvalue weighted by atomic mass is 10.0. The van der Waals surface area contributed by atoms with Crippen LogP contribution in [0.4, 0.5) is 0 Å². The molecule has 0 fully saturated rings. The molecule has 0 saturated heterocycles. The van der Waals surface area contributed by atoms with E-state index in [0.717, 1.165) is 25.7 Å². The Labute approximate surface area is 111 Å². The summed E-state index contributed by atoms with van der Waals surface area (Å²) in [5.74, 6) is 0.379. The molecule has 1 aromatic carbocycles. The second-order valence-corrected chi connectivity index (χ2v) is 4.95. The molecule has 1 N–H and O–H groups in total. The first kappa shape index (κ1) is 14.7. The fourth-order valence-electron chi connectivity index (χ4n) is 2.12. The average Bonchev–Trinajstić information content (AvgIpc) is 2.39. The van der Waals surface area contributed by atoms with Crippen molar-refractivity contribution in [3.8, 4) is 0 Å². The third-order valence-electron chi connectivity index (χ3n) is 3.45. The molecule has 0 radical (unpaired) electrons. The molecule has 0 bridgehead atoms. The molecule has 18 heavy (non-hydrogen) atoms. The second kappa shape index (κ2) is 7.91. The van der Waals surface area contributed by atoms with Gasteiger partial charge in [-0.2, -0.15) is 0 Å². The summed E-state index contributed by atoms with van der Waals surface area (Å²) < 4.78 is 0. The zero-order chi connectivity index (χ0) is 13.4. The smallest absolute Gasteiger partial charge is 0.223 e. The van der Waals surface area contributed by atoms with E-state index in [2.05, 4.69) is 50.4 Å². The molecule has 0 saturated carbocycles. The maximum atomic E-state index is 11.9. The van der Waals surface area contributed by atoms with Crippen molar-refractivity contribution < 1.29 is 4.79 Å². The Morgan fingerprint density at radius 2 is 1.78 bits per heavy atom. The van der Waals surface area contributed by atoms with Crippen LogP contribution in [0.1, 0.15) is 45.6 Å². The van der Waals surface area contributed by atoms with Crippen LogP contribution >= 0.6 is 0 Å². The Balaban J connectivity index is 2.33. The summed E-state index contributed by atoms with van der Waals surface area (Å²) >= 11 is 0. The SMILES string of the molecule is CCC(CC)C(=O)NC(C)CCc1ccccc1. The highest BCUT2D eigenvalue weighted by Crippen LogP contribution is 2.09. The van der Waals surface area contributed by atoms with Crippen molar-refractivity contribution in [3.05, 3.63) is 35.9 Å². The quantitative estimate of drug-likeness (QED) is 0.784. The minimum Gasteiger partial charge on any atom is -0.353 e. The van der Waals surface area contributed by atoms with E-state index in [1.165, 1.54) is 5.56 Å². The topological polar surface area (TPSA) is 29.1 Å². The van der Waals surface area contributed by atoms with Crippen LogP contribution in [0.5, 0.6) is 0 Å². The van der Waals surface area contributed by atoms with E-state index in [-0.39, 0.29) is 17.9 Å². The predicted octanol–water partition coefficient (Wildman–Crippen LogP) is 3.56. The molecular weight excluding hydrogens is 222 g/mol. The van der Waals surface area contributed by atoms with Crippen molar-refractivity contribution in [1.82, 2.24) is 5.32 Å². The Hall–Kier alpha value is -1.31. The molecule has 0 heterocycles. The number of nitrogens with one attached hydrogen (secondary N) is 1. The molecule has 1 aromatic rings. The summed E-state index contributed by atoms with van der Waals surface area (Å²) in [7, 11) is 0. The van der Waals surface area contributed by atoms with Gasteiger partial charge >= 0.3 is 0 Å². The summed E-state index contributed by atoms with van der Waals surface area (Å²) in [4.78, 5) is 11.9. The number of carbonyl (C=O) groups is 1. The van der Waals surface area contributed by atoms with E-state index < -0.39 is 0 Å². The van der Waals surface area contributed by atoms with E-state index in [4.69, 9.17) is 0 Å². The third kappa shape index (κ3) is 4.91. The van der Waals surface area contributed by atoms with Crippen molar-refractivity contribution in [2.24, 2.45) is 5.92 Å². The fourth-order valence-corrected chi connectivity index (χ4v) is 2.12. The standard InChI is InChI=1S/C16H25NO/c1-4-15(5-2)16(18)17-13(3)11-12-14-9-7-6-8-10-14/h6-10,13,15H,4-5,11-12H2,1-3H3,(H,17,18). The molecule has 1 rings (SSSR count). The van der Waals surface area contributed by atoms with Gasteiger partial charge in [0.05, 0.1) is 0 Å². The lowest BCUT2D eigenvalue weighted by molar-refractivity contribution is -0.125. The molecule has 0 aliphatic rings. The minimum absolute atomic E-state index is 0.171. The van der Waals surface area contributed by atoms with Crippen molar-refractivity contribution in [2.45, 2.75) is 52.5 Å². The molecule has 0 aromatic heterocycles. The van der Waals surface area contributed by atoms with Gasteiger partial charge in [0.15, 0.2) is 0 Å². The minimum atomic E-state index is 0.171. The number of carbonyl (C=O) groups excluding carboxylic acids is 1. The van der Waals surface area contributed by atoms with E-state index in [0.29, 0.717) is 0 Å². The first-order valence-electron chi connectivity index (χ1n) is 7.01. The largest absolute Gasteiger partial charge is 0.353 e. The Morgan fingerprint density at radius 3 is 2.33 bits per heavy atom. The number of hydrogen-bond donors (Lipinski definition) is 1. The Kier molecular flexibility index (Phi) is 6.48. The highest BCUT2D eigenvalue weighted by atomic mass is 16.1. The Bertz CT molecular complexity index is 343. The van der Waals surface area contributed by atoms with Crippen molar-refractivity contribution in [1.29, 1.82) is 0 Å². The van der Waals surface area contributed by atoms with Gasteiger partial charge in [0.2, 0.25) is 5.91 Å². The van der Waals surface area contributed by atoms with E-state index in [9.17, 15) is 4.79 Å². The van der Waals surface area contributed by atoms with Crippen LogP contribution in [-0.2, 0) is 11.2 Å². The number of aryl methyl sites for hydroxylation is 1. The van der Waals surface area contributed by atoms with E-state index in [1.54, 1.807) is 0 Å². The molecule has 2 heteroatoms. The van der Waals surface area contributed by atoms with Gasteiger partial charge in [0, 0.05) is 12.0 Å². The fraction of sp³-hybridized carbons (Fsp3) is 0.562. The third-order valence-corrected chi connectivity index (χ3v) is 3.45. The van der Waals surface area contributed by atoms with Crippen LogP contribution in [-0.4, -0.2) is 11.9 Å². The first-order chi connectivity index (χ1) is 8.67. The predicted molar refractivity (Wildman–Crippen MR) is 76.4 cm³/mol. The molecule has 100 valence electrons. The van der Waals surface area contributed by atoms with Gasteiger partial charge in [-0.05, 0) is 38.2 Å². The van der Waals surface area contributed by atoms with Gasteiger partial charge in [-0.25, -0.2) is 0 Å². The second-order valence-electron chi connectivity index (χ2n) is 4.95. The van der Waals surface area contributed by atoms with Crippen molar-refractivity contribution in [2.75, 3.05) is 0 Å². The highest BCUT2D eigenvalue weighted by molar-refractivity contribution is 5.78. The van der Waals surface area contributed by atoms with Gasteiger partial charge in [0.1, 0.15) is 0 Å². The van der Waals surface area contributed by atoms with Crippen LogP contribution in [0.3, 0.4) is 0 Å². The molecular formula is C16H25NO. The summed E-state index contributed by atoms with van der Waals surface area (Å²) in [6, 6.07) is 10.7. The van der Waals surface area contributed by atoms with Crippen LogP contribution in [0.25, 0.3) is 0 Å². The molecule has 0 aliphatic heterocycles. The van der Waals surface area contributed by atoms with Gasteiger partial charge in [-0.1, -0.05) is 44.2 Å². The zero-order valence-electron chi connectivity index (χ0n) is 11.8. The number of hydrogen-bond acceptors (Lipinski definition) is 1. The van der Waals surface area contributed by atoms with Gasteiger partial charge in [0.25, 0.3) is 0 Å². The molecule has 1 amide bonds. The zero-order valence-corrected chi connectivity index (χ0v) is 11.8. The number of rotatable bonds is 7. The van der Waals surface area contributed by atoms with Gasteiger partial charge < -0.3 is 5.32 Å². The maximum Gasteiger partial charge on any atom is 0.223 e. The van der Waals surface area contributed by atoms with Crippen LogP contribution in [0.2, 0.25) is 0 Å². The maximum absolute atomic E-state index is 11.9. The summed E-state index contributed by atoms with van der Waals surface area (Å²) in [6.07, 6.45) is 3.86. The van der Waals surface area contributed by atoms with Crippen LogP contribution < -0.4 is 5.32 Å². The molecule has 0 spiro atoms. The van der Waals surface area contributed by atoms with E-state index in [1.807, 2.05) is 6.07 Å². The lowest BCUT2D eigenvalue weighted by Gasteiger charge is -2.18. The first-order valence-corrected chi connectivity index (χ1v) is 7.01.